The molecule has 0 saturated carbocycles. The summed E-state index contributed by atoms with van der Waals surface area (Å²) in [4.78, 5) is 3.49. The Morgan fingerprint density at radius 1 is 1.00 bits per heavy atom. The maximum Gasteiger partial charge on any atom is 0.0456 e. The van der Waals surface area contributed by atoms with E-state index in [9.17, 15) is 0 Å². The highest BCUT2D eigenvalue weighted by Gasteiger charge is 2.13. The Morgan fingerprint density at radius 3 is 2.48 bits per heavy atom. The van der Waals surface area contributed by atoms with Gasteiger partial charge in [0, 0.05) is 23.7 Å². The number of benzene rings is 1. The Labute approximate surface area is 126 Å². The van der Waals surface area contributed by atoms with E-state index < -0.39 is 0 Å². The second kappa shape index (κ2) is 7.32. The first-order valence-corrected chi connectivity index (χ1v) is 8.10. The van der Waals surface area contributed by atoms with Crippen molar-refractivity contribution >= 4 is 10.9 Å². The number of hydrogen-bond donors (Lipinski definition) is 3. The lowest BCUT2D eigenvalue weighted by molar-refractivity contribution is 0.520. The molecule has 2 aliphatic heterocycles. The molecule has 1 fully saturated rings. The van der Waals surface area contributed by atoms with Crippen molar-refractivity contribution in [2.45, 2.75) is 31.6 Å². The number of para-hydroxylation sites is 1. The second-order valence-corrected chi connectivity index (χ2v) is 5.87. The maximum atomic E-state index is 3.49. The van der Waals surface area contributed by atoms with Gasteiger partial charge < -0.3 is 15.6 Å². The monoisotopic (exact) mass is 283 g/mol. The first-order chi connectivity index (χ1) is 10.4. The predicted molar refractivity (Wildman–Crippen MR) is 89.5 cm³/mol. The van der Waals surface area contributed by atoms with Gasteiger partial charge in [-0.15, -0.1) is 0 Å². The minimum absolute atomic E-state index is 0.586. The average Bonchev–Trinajstić information content (AvgIpc) is 3.02. The molecule has 0 radical (unpaired) electrons. The van der Waals surface area contributed by atoms with Gasteiger partial charge in [-0.1, -0.05) is 30.7 Å². The van der Waals surface area contributed by atoms with Gasteiger partial charge in [-0.05, 0) is 56.1 Å². The van der Waals surface area contributed by atoms with E-state index in [2.05, 4.69) is 52.0 Å². The van der Waals surface area contributed by atoms with E-state index in [-0.39, 0.29) is 0 Å². The lowest BCUT2D eigenvalue weighted by Gasteiger charge is -2.17. The first kappa shape index (κ1) is 14.2. The predicted octanol–water partition coefficient (Wildman–Crippen LogP) is 3.52. The summed E-state index contributed by atoms with van der Waals surface area (Å²) < 4.78 is 0. The number of aromatic amines is 1. The van der Waals surface area contributed by atoms with Crippen LogP contribution in [-0.4, -0.2) is 24.6 Å². The topological polar surface area (TPSA) is 39.9 Å². The van der Waals surface area contributed by atoms with Gasteiger partial charge in [-0.25, -0.2) is 0 Å². The van der Waals surface area contributed by atoms with Crippen molar-refractivity contribution in [3.8, 4) is 0 Å². The third kappa shape index (κ3) is 3.88. The second-order valence-electron chi connectivity index (χ2n) is 5.87. The molecule has 2 aromatic rings. The van der Waals surface area contributed by atoms with Crippen molar-refractivity contribution in [2.24, 2.45) is 0 Å². The van der Waals surface area contributed by atoms with Crippen LogP contribution in [0.4, 0.5) is 0 Å². The largest absolute Gasteiger partial charge is 0.390 e. The van der Waals surface area contributed by atoms with Crippen molar-refractivity contribution in [1.29, 1.82) is 0 Å². The number of allylic oxidation sites excluding steroid dienone is 1. The summed E-state index contributed by atoms with van der Waals surface area (Å²) in [6.07, 6.45) is 9.58. The van der Waals surface area contributed by atoms with Crippen LogP contribution in [0.3, 0.4) is 0 Å². The van der Waals surface area contributed by atoms with Gasteiger partial charge in [0.2, 0.25) is 0 Å². The Bertz CT molecular complexity index is 536. The van der Waals surface area contributed by atoms with Crippen molar-refractivity contribution in [1.82, 2.24) is 15.6 Å². The molecule has 0 aliphatic carbocycles. The zero-order valence-electron chi connectivity index (χ0n) is 12.6. The summed E-state index contributed by atoms with van der Waals surface area (Å²) in [5.41, 5.74) is 2.58. The number of piperidine rings is 1. The fourth-order valence-corrected chi connectivity index (χ4v) is 2.96. The van der Waals surface area contributed by atoms with E-state index in [1.165, 1.54) is 48.9 Å². The fourth-order valence-electron chi connectivity index (χ4n) is 2.96. The minimum atomic E-state index is 0.586. The number of fused-ring (bicyclic) bond motifs is 1. The van der Waals surface area contributed by atoms with Gasteiger partial charge in [-0.2, -0.15) is 0 Å². The number of rotatable bonds is 1. The van der Waals surface area contributed by atoms with Crippen LogP contribution in [0, 0.1) is 0 Å². The van der Waals surface area contributed by atoms with E-state index >= 15 is 0 Å². The van der Waals surface area contributed by atoms with Crippen LogP contribution in [0.1, 0.15) is 37.3 Å². The summed E-state index contributed by atoms with van der Waals surface area (Å²) >= 11 is 0. The van der Waals surface area contributed by atoms with Crippen molar-refractivity contribution in [3.05, 3.63) is 48.3 Å². The van der Waals surface area contributed by atoms with Crippen LogP contribution in [0.5, 0.6) is 0 Å². The SMILES string of the molecule is C1=CNCC(c2cc3ccccc3[nH]2)C1.C1CCNCC1. The molecular formula is C18H25N3. The highest BCUT2D eigenvalue weighted by atomic mass is 14.9. The molecule has 112 valence electrons. The van der Waals surface area contributed by atoms with E-state index in [1.807, 2.05) is 6.20 Å². The molecule has 0 spiro atoms. The van der Waals surface area contributed by atoms with Crippen LogP contribution in [0.25, 0.3) is 10.9 Å². The molecule has 0 amide bonds. The van der Waals surface area contributed by atoms with Crippen molar-refractivity contribution < 1.29 is 0 Å². The summed E-state index contributed by atoms with van der Waals surface area (Å²) in [7, 11) is 0. The smallest absolute Gasteiger partial charge is 0.0456 e. The zero-order chi connectivity index (χ0) is 14.3. The molecule has 4 rings (SSSR count). The molecular weight excluding hydrogens is 258 g/mol. The van der Waals surface area contributed by atoms with Gasteiger partial charge in [-0.3, -0.25) is 0 Å². The molecule has 0 bridgehead atoms. The minimum Gasteiger partial charge on any atom is -0.390 e. The summed E-state index contributed by atoms with van der Waals surface area (Å²) in [6.45, 7) is 3.53. The molecule has 3 heteroatoms. The number of hydrogen-bond acceptors (Lipinski definition) is 2. The van der Waals surface area contributed by atoms with Crippen molar-refractivity contribution in [3.63, 3.8) is 0 Å². The molecule has 1 aromatic carbocycles. The van der Waals surface area contributed by atoms with Gasteiger partial charge in [0.1, 0.15) is 0 Å². The first-order valence-electron chi connectivity index (χ1n) is 8.10. The quantitative estimate of drug-likeness (QED) is 0.749. The molecule has 3 nitrogen and oxygen atoms in total. The van der Waals surface area contributed by atoms with Crippen molar-refractivity contribution in [2.75, 3.05) is 19.6 Å². The molecule has 21 heavy (non-hydrogen) atoms. The molecule has 1 aromatic heterocycles. The van der Waals surface area contributed by atoms with E-state index in [1.54, 1.807) is 0 Å². The number of H-pyrrole nitrogens is 1. The highest BCUT2D eigenvalue weighted by Crippen LogP contribution is 2.24. The Morgan fingerprint density at radius 2 is 1.86 bits per heavy atom. The van der Waals surface area contributed by atoms with Gasteiger partial charge in [0.15, 0.2) is 0 Å². The van der Waals surface area contributed by atoms with Gasteiger partial charge in [0.25, 0.3) is 0 Å². The highest BCUT2D eigenvalue weighted by molar-refractivity contribution is 5.80. The maximum absolute atomic E-state index is 3.49. The van der Waals surface area contributed by atoms with Crippen LogP contribution in [0.2, 0.25) is 0 Å². The fraction of sp³-hybridized carbons (Fsp3) is 0.444. The molecule has 3 N–H and O–H groups in total. The van der Waals surface area contributed by atoms with E-state index in [0.29, 0.717) is 5.92 Å². The van der Waals surface area contributed by atoms with Gasteiger partial charge in [0.05, 0.1) is 0 Å². The van der Waals surface area contributed by atoms with E-state index in [4.69, 9.17) is 0 Å². The number of nitrogens with one attached hydrogen (secondary N) is 3. The van der Waals surface area contributed by atoms with Crippen LogP contribution in [-0.2, 0) is 0 Å². The summed E-state index contributed by atoms with van der Waals surface area (Å²) in [5.74, 6) is 0.586. The van der Waals surface area contributed by atoms with Crippen LogP contribution < -0.4 is 10.6 Å². The summed E-state index contributed by atoms with van der Waals surface area (Å²) in [5, 5.41) is 7.87. The molecule has 1 atom stereocenters. The lowest BCUT2D eigenvalue weighted by Crippen LogP contribution is -2.21. The molecule has 1 saturated heterocycles. The third-order valence-electron chi connectivity index (χ3n) is 4.22. The Hall–Kier alpha value is -1.74. The molecule has 2 aliphatic rings. The Kier molecular flexibility index (Phi) is 4.95. The third-order valence-corrected chi connectivity index (χ3v) is 4.22. The number of aromatic nitrogens is 1. The molecule has 3 heterocycles. The normalized spacial score (nSPS) is 21.4. The van der Waals surface area contributed by atoms with Gasteiger partial charge >= 0.3 is 0 Å². The van der Waals surface area contributed by atoms with E-state index in [0.717, 1.165) is 13.0 Å². The summed E-state index contributed by atoms with van der Waals surface area (Å²) in [6, 6.07) is 10.7. The van der Waals surface area contributed by atoms with Crippen LogP contribution >= 0.6 is 0 Å². The average molecular weight is 283 g/mol. The molecule has 1 unspecified atom stereocenters. The standard InChI is InChI=1S/C13H14N2.C5H11N/c1-2-6-12-10(4-1)8-13(15-12)11-5-3-7-14-9-11;1-2-4-6-5-3-1/h1-4,6-8,11,14-15H,5,9H2;6H,1-5H2. The lowest BCUT2D eigenvalue weighted by atomic mass is 9.99. The van der Waals surface area contributed by atoms with Crippen LogP contribution in [0.15, 0.2) is 42.6 Å². The zero-order valence-corrected chi connectivity index (χ0v) is 12.6. The Balaban J connectivity index is 0.000000186.